The molecule has 1 heterocycles. The van der Waals surface area contributed by atoms with Gasteiger partial charge in [-0.25, -0.2) is 0 Å². The zero-order valence-corrected chi connectivity index (χ0v) is 11.0. The van der Waals surface area contributed by atoms with Crippen molar-refractivity contribution in [1.29, 1.82) is 0 Å². The monoisotopic (exact) mass is 217 g/mol. The zero-order valence-electron chi connectivity index (χ0n) is 11.0. The second kappa shape index (κ2) is 4.21. The Morgan fingerprint density at radius 3 is 2.75 bits per heavy atom. The molecule has 0 saturated carbocycles. The highest BCUT2D eigenvalue weighted by Gasteiger charge is 2.36. The summed E-state index contributed by atoms with van der Waals surface area (Å²) in [5.74, 6) is 0.730. The summed E-state index contributed by atoms with van der Waals surface area (Å²) in [5.41, 5.74) is 3.26. The van der Waals surface area contributed by atoms with E-state index in [-0.39, 0.29) is 0 Å². The van der Waals surface area contributed by atoms with Gasteiger partial charge < -0.3 is 4.90 Å². The van der Waals surface area contributed by atoms with Crippen LogP contribution in [0, 0.1) is 12.8 Å². The third-order valence-corrected chi connectivity index (χ3v) is 4.36. The van der Waals surface area contributed by atoms with E-state index in [9.17, 15) is 0 Å². The van der Waals surface area contributed by atoms with Gasteiger partial charge in [-0.2, -0.15) is 0 Å². The van der Waals surface area contributed by atoms with Crippen LogP contribution in [0.4, 0.5) is 0 Å². The van der Waals surface area contributed by atoms with Gasteiger partial charge in [-0.15, -0.1) is 0 Å². The Hall–Kier alpha value is -0.820. The van der Waals surface area contributed by atoms with Gasteiger partial charge in [-0.1, -0.05) is 43.7 Å². The minimum absolute atomic E-state index is 0.360. The summed E-state index contributed by atoms with van der Waals surface area (Å²) in [6.45, 7) is 9.43. The van der Waals surface area contributed by atoms with E-state index in [0.717, 1.165) is 5.92 Å². The number of aryl methyl sites for hydroxylation is 1. The Bertz CT molecular complexity index is 371. The smallest absolute Gasteiger partial charge is 0.00124 e. The van der Waals surface area contributed by atoms with Crippen LogP contribution in [0.15, 0.2) is 24.3 Å². The number of benzene rings is 1. The largest absolute Gasteiger partial charge is 0.306 e. The van der Waals surface area contributed by atoms with Crippen LogP contribution in [0.2, 0.25) is 0 Å². The van der Waals surface area contributed by atoms with Crippen molar-refractivity contribution in [2.45, 2.75) is 32.6 Å². The topological polar surface area (TPSA) is 3.24 Å². The maximum absolute atomic E-state index is 2.45. The molecular formula is C15H23N. The third-order valence-electron chi connectivity index (χ3n) is 4.36. The first kappa shape index (κ1) is 11.7. The van der Waals surface area contributed by atoms with E-state index in [2.05, 4.69) is 57.0 Å². The molecule has 0 unspecified atom stereocenters. The van der Waals surface area contributed by atoms with E-state index >= 15 is 0 Å². The quantitative estimate of drug-likeness (QED) is 0.698. The first-order valence-electron chi connectivity index (χ1n) is 6.28. The van der Waals surface area contributed by atoms with Gasteiger partial charge in [0.1, 0.15) is 0 Å². The maximum atomic E-state index is 2.45. The van der Waals surface area contributed by atoms with Crippen molar-refractivity contribution in [3.63, 3.8) is 0 Å². The van der Waals surface area contributed by atoms with E-state index < -0.39 is 0 Å². The molecular weight excluding hydrogens is 194 g/mol. The standard InChI is InChI=1S/C15H23N/c1-12-6-5-7-14(10-12)15(3)8-9-16(4)11-13(15)2/h5-7,10,13H,8-9,11H2,1-4H3/t13-,15+/m0/s1. The van der Waals surface area contributed by atoms with Gasteiger partial charge >= 0.3 is 0 Å². The van der Waals surface area contributed by atoms with Gasteiger partial charge in [-0.3, -0.25) is 0 Å². The molecule has 2 atom stereocenters. The molecule has 1 aromatic rings. The average Bonchev–Trinajstić information content (AvgIpc) is 2.24. The van der Waals surface area contributed by atoms with Gasteiger partial charge in [0.2, 0.25) is 0 Å². The molecule has 0 spiro atoms. The number of nitrogens with zero attached hydrogens (tertiary/aromatic N) is 1. The first-order chi connectivity index (χ1) is 7.52. The molecule has 16 heavy (non-hydrogen) atoms. The molecule has 0 N–H and O–H groups in total. The van der Waals surface area contributed by atoms with Crippen LogP contribution in [0.5, 0.6) is 0 Å². The predicted molar refractivity (Wildman–Crippen MR) is 69.8 cm³/mol. The fourth-order valence-electron chi connectivity index (χ4n) is 2.86. The maximum Gasteiger partial charge on any atom is 0.00124 e. The highest BCUT2D eigenvalue weighted by molar-refractivity contribution is 5.30. The summed E-state index contributed by atoms with van der Waals surface area (Å²) in [7, 11) is 2.23. The van der Waals surface area contributed by atoms with Crippen LogP contribution in [0.1, 0.15) is 31.4 Å². The van der Waals surface area contributed by atoms with Crippen LogP contribution in [-0.2, 0) is 5.41 Å². The molecule has 1 fully saturated rings. The van der Waals surface area contributed by atoms with E-state index in [0.29, 0.717) is 5.41 Å². The molecule has 0 bridgehead atoms. The van der Waals surface area contributed by atoms with Crippen LogP contribution >= 0.6 is 0 Å². The minimum atomic E-state index is 0.360. The van der Waals surface area contributed by atoms with Crippen molar-refractivity contribution in [2.24, 2.45) is 5.92 Å². The Labute approximate surface area is 99.5 Å². The Morgan fingerprint density at radius 2 is 2.12 bits per heavy atom. The number of rotatable bonds is 1. The number of hydrogen-bond acceptors (Lipinski definition) is 1. The van der Waals surface area contributed by atoms with E-state index in [4.69, 9.17) is 0 Å². The normalized spacial score (nSPS) is 31.6. The summed E-state index contributed by atoms with van der Waals surface area (Å²) < 4.78 is 0. The third kappa shape index (κ3) is 2.01. The molecule has 1 aliphatic heterocycles. The second-order valence-electron chi connectivity index (χ2n) is 5.70. The first-order valence-corrected chi connectivity index (χ1v) is 6.28. The van der Waals surface area contributed by atoms with Crippen molar-refractivity contribution in [1.82, 2.24) is 4.90 Å². The lowest BCUT2D eigenvalue weighted by molar-refractivity contribution is 0.134. The molecule has 2 rings (SSSR count). The van der Waals surface area contributed by atoms with Crippen LogP contribution in [0.3, 0.4) is 0 Å². The van der Waals surface area contributed by atoms with Gasteiger partial charge in [0.25, 0.3) is 0 Å². The van der Waals surface area contributed by atoms with Crippen molar-refractivity contribution >= 4 is 0 Å². The van der Waals surface area contributed by atoms with E-state index in [1.54, 1.807) is 0 Å². The van der Waals surface area contributed by atoms with Gasteiger partial charge in [-0.05, 0) is 43.8 Å². The highest BCUT2D eigenvalue weighted by atomic mass is 15.1. The molecule has 1 aliphatic rings. The molecule has 1 heteroatoms. The number of hydrogen-bond donors (Lipinski definition) is 0. The lowest BCUT2D eigenvalue weighted by Gasteiger charge is -2.44. The van der Waals surface area contributed by atoms with Crippen LogP contribution < -0.4 is 0 Å². The minimum Gasteiger partial charge on any atom is -0.306 e. The Kier molecular flexibility index (Phi) is 3.07. The van der Waals surface area contributed by atoms with Gasteiger partial charge in [0, 0.05) is 6.54 Å². The number of likely N-dealkylation sites (tertiary alicyclic amines) is 1. The Balaban J connectivity index is 2.31. The van der Waals surface area contributed by atoms with E-state index in [1.807, 2.05) is 0 Å². The van der Waals surface area contributed by atoms with Crippen molar-refractivity contribution in [3.8, 4) is 0 Å². The molecule has 1 aromatic carbocycles. The van der Waals surface area contributed by atoms with Gasteiger partial charge in [0.15, 0.2) is 0 Å². The molecule has 1 saturated heterocycles. The van der Waals surface area contributed by atoms with Crippen LogP contribution in [-0.4, -0.2) is 25.0 Å². The fourth-order valence-corrected chi connectivity index (χ4v) is 2.86. The molecule has 0 aliphatic carbocycles. The lowest BCUT2D eigenvalue weighted by atomic mass is 9.68. The fraction of sp³-hybridized carbons (Fsp3) is 0.600. The van der Waals surface area contributed by atoms with Gasteiger partial charge in [0.05, 0.1) is 0 Å². The summed E-state index contributed by atoms with van der Waals surface area (Å²) in [6, 6.07) is 9.05. The summed E-state index contributed by atoms with van der Waals surface area (Å²) in [6.07, 6.45) is 1.27. The predicted octanol–water partition coefficient (Wildman–Crippen LogP) is 3.22. The summed E-state index contributed by atoms with van der Waals surface area (Å²) >= 11 is 0. The number of piperidine rings is 1. The second-order valence-corrected chi connectivity index (χ2v) is 5.70. The van der Waals surface area contributed by atoms with Crippen molar-refractivity contribution in [2.75, 3.05) is 20.1 Å². The summed E-state index contributed by atoms with van der Waals surface area (Å²) in [4.78, 5) is 2.45. The SMILES string of the molecule is Cc1cccc([C@]2(C)CCN(C)C[C@@H]2C)c1. The lowest BCUT2D eigenvalue weighted by Crippen LogP contribution is -2.45. The molecule has 0 amide bonds. The molecule has 0 aromatic heterocycles. The molecule has 88 valence electrons. The Morgan fingerprint density at radius 1 is 1.38 bits per heavy atom. The van der Waals surface area contributed by atoms with E-state index in [1.165, 1.54) is 30.6 Å². The average molecular weight is 217 g/mol. The molecule has 1 nitrogen and oxygen atoms in total. The van der Waals surface area contributed by atoms with Crippen LogP contribution in [0.25, 0.3) is 0 Å². The zero-order chi connectivity index (χ0) is 11.8. The highest BCUT2D eigenvalue weighted by Crippen LogP contribution is 2.39. The molecule has 0 radical (unpaired) electrons. The van der Waals surface area contributed by atoms with Crippen molar-refractivity contribution < 1.29 is 0 Å². The summed E-state index contributed by atoms with van der Waals surface area (Å²) in [5, 5.41) is 0. The van der Waals surface area contributed by atoms with Crippen molar-refractivity contribution in [3.05, 3.63) is 35.4 Å².